The molecule has 2 aromatic rings. The molecule has 0 unspecified atom stereocenters. The fraction of sp³-hybridized carbons (Fsp3) is 0.409. The Bertz CT molecular complexity index is 788. The monoisotopic (exact) mass is 386 g/mol. The minimum atomic E-state index is -0.923. The lowest BCUT2D eigenvalue weighted by Gasteiger charge is -2.36. The van der Waals surface area contributed by atoms with Crippen molar-refractivity contribution in [2.45, 2.75) is 37.6 Å². The van der Waals surface area contributed by atoms with Gasteiger partial charge in [0.25, 0.3) is 0 Å². The Morgan fingerprint density at radius 1 is 1.07 bits per heavy atom. The fourth-order valence-electron chi connectivity index (χ4n) is 3.62. The van der Waals surface area contributed by atoms with Crippen molar-refractivity contribution < 1.29 is 29.6 Å². The van der Waals surface area contributed by atoms with E-state index in [2.05, 4.69) is 0 Å². The first-order valence-electron chi connectivity index (χ1n) is 9.40. The fourth-order valence-corrected chi connectivity index (χ4v) is 3.62. The van der Waals surface area contributed by atoms with Crippen molar-refractivity contribution in [3.63, 3.8) is 0 Å². The molecule has 6 nitrogen and oxygen atoms in total. The maximum Gasteiger partial charge on any atom is 0.337 e. The quantitative estimate of drug-likeness (QED) is 0.657. The zero-order valence-corrected chi connectivity index (χ0v) is 15.8. The number of ether oxygens (including phenoxy) is 2. The number of carbonyl (C=O) groups excluding carboxylic acids is 1. The first-order chi connectivity index (χ1) is 13.5. The molecule has 0 radical (unpaired) electrons. The van der Waals surface area contributed by atoms with E-state index in [4.69, 9.17) is 9.47 Å². The molecule has 0 spiro atoms. The van der Waals surface area contributed by atoms with Crippen molar-refractivity contribution in [1.82, 2.24) is 0 Å². The third-order valence-corrected chi connectivity index (χ3v) is 5.22. The van der Waals surface area contributed by atoms with Gasteiger partial charge >= 0.3 is 5.97 Å². The Morgan fingerprint density at radius 3 is 2.46 bits per heavy atom. The molecule has 3 rings (SSSR count). The number of para-hydroxylation sites is 1. The number of aliphatic hydroxyl groups excluding tert-OH is 3. The summed E-state index contributed by atoms with van der Waals surface area (Å²) < 4.78 is 10.8. The van der Waals surface area contributed by atoms with Crippen LogP contribution < -0.4 is 4.74 Å². The zero-order chi connectivity index (χ0) is 20.1. The summed E-state index contributed by atoms with van der Waals surface area (Å²) in [5.41, 5.74) is 2.51. The summed E-state index contributed by atoms with van der Waals surface area (Å²) in [6, 6.07) is 14.9. The van der Waals surface area contributed by atoms with Crippen LogP contribution in [0.1, 0.15) is 34.3 Å². The van der Waals surface area contributed by atoms with Crippen molar-refractivity contribution in [2.24, 2.45) is 5.92 Å². The second kappa shape index (κ2) is 9.19. The third-order valence-electron chi connectivity index (χ3n) is 5.22. The average molecular weight is 386 g/mol. The average Bonchev–Trinajstić information content (AvgIpc) is 2.72. The molecule has 1 aliphatic carbocycles. The molecular weight excluding hydrogens is 360 g/mol. The van der Waals surface area contributed by atoms with Crippen LogP contribution in [-0.2, 0) is 11.2 Å². The number of aliphatic hydroxyl groups is 3. The van der Waals surface area contributed by atoms with Gasteiger partial charge in [-0.05, 0) is 35.7 Å². The SMILES string of the molecule is COC(=O)c1ccc(Cc2ccccc2O[C@@H]2C[C@H](CO)[C@@H](O)[C@H](O)C2)cc1. The number of hydrogen-bond donors (Lipinski definition) is 3. The lowest BCUT2D eigenvalue weighted by atomic mass is 9.83. The molecule has 3 N–H and O–H groups in total. The van der Waals surface area contributed by atoms with Crippen molar-refractivity contribution in [1.29, 1.82) is 0 Å². The van der Waals surface area contributed by atoms with Crippen LogP contribution in [0.5, 0.6) is 5.75 Å². The van der Waals surface area contributed by atoms with Crippen LogP contribution in [0.25, 0.3) is 0 Å². The maximum absolute atomic E-state index is 11.6. The van der Waals surface area contributed by atoms with Crippen LogP contribution in [0.2, 0.25) is 0 Å². The Labute approximate surface area is 164 Å². The highest BCUT2D eigenvalue weighted by atomic mass is 16.5. The van der Waals surface area contributed by atoms with Gasteiger partial charge in [-0.3, -0.25) is 0 Å². The summed E-state index contributed by atoms with van der Waals surface area (Å²) in [5.74, 6) is -0.0524. The summed E-state index contributed by atoms with van der Waals surface area (Å²) in [6.45, 7) is -0.188. The van der Waals surface area contributed by atoms with E-state index < -0.39 is 18.1 Å². The van der Waals surface area contributed by atoms with Crippen LogP contribution in [-0.4, -0.2) is 53.3 Å². The predicted molar refractivity (Wildman–Crippen MR) is 103 cm³/mol. The molecular formula is C22H26O6. The lowest BCUT2D eigenvalue weighted by molar-refractivity contribution is -0.0892. The summed E-state index contributed by atoms with van der Waals surface area (Å²) in [5, 5.41) is 29.4. The summed E-state index contributed by atoms with van der Waals surface area (Å²) in [4.78, 5) is 11.6. The van der Waals surface area contributed by atoms with E-state index in [1.165, 1.54) is 7.11 Å². The van der Waals surface area contributed by atoms with E-state index in [1.807, 2.05) is 36.4 Å². The molecule has 1 saturated carbocycles. The van der Waals surface area contributed by atoms with Crippen LogP contribution >= 0.6 is 0 Å². The smallest absolute Gasteiger partial charge is 0.337 e. The lowest BCUT2D eigenvalue weighted by Crippen LogP contribution is -2.46. The van der Waals surface area contributed by atoms with Gasteiger partial charge in [-0.1, -0.05) is 30.3 Å². The van der Waals surface area contributed by atoms with Gasteiger partial charge in [-0.15, -0.1) is 0 Å². The normalized spacial score (nSPS) is 24.6. The van der Waals surface area contributed by atoms with Crippen LogP contribution in [0, 0.1) is 5.92 Å². The minimum absolute atomic E-state index is 0.188. The van der Waals surface area contributed by atoms with Crippen molar-refractivity contribution in [2.75, 3.05) is 13.7 Å². The molecule has 4 atom stereocenters. The minimum Gasteiger partial charge on any atom is -0.490 e. The Morgan fingerprint density at radius 2 is 1.79 bits per heavy atom. The zero-order valence-electron chi connectivity index (χ0n) is 15.8. The number of benzene rings is 2. The number of rotatable bonds is 6. The van der Waals surface area contributed by atoms with Gasteiger partial charge in [0, 0.05) is 25.4 Å². The van der Waals surface area contributed by atoms with Gasteiger partial charge in [0.2, 0.25) is 0 Å². The molecule has 0 amide bonds. The molecule has 2 aromatic carbocycles. The Hall–Kier alpha value is -2.41. The Balaban J connectivity index is 1.72. The molecule has 0 bridgehead atoms. The molecule has 0 saturated heterocycles. The molecule has 0 aliphatic heterocycles. The topological polar surface area (TPSA) is 96.2 Å². The van der Waals surface area contributed by atoms with Gasteiger partial charge in [0.05, 0.1) is 24.9 Å². The van der Waals surface area contributed by atoms with Gasteiger partial charge in [-0.25, -0.2) is 4.79 Å². The van der Waals surface area contributed by atoms with Crippen molar-refractivity contribution in [3.8, 4) is 5.75 Å². The number of carbonyl (C=O) groups is 1. The number of hydrogen-bond acceptors (Lipinski definition) is 6. The molecule has 1 fully saturated rings. The molecule has 1 aliphatic rings. The second-order valence-corrected chi connectivity index (χ2v) is 7.18. The summed E-state index contributed by atoms with van der Waals surface area (Å²) in [6.07, 6.45) is -0.684. The third kappa shape index (κ3) is 4.70. The van der Waals surface area contributed by atoms with Crippen LogP contribution in [0.4, 0.5) is 0 Å². The van der Waals surface area contributed by atoms with Gasteiger partial charge in [-0.2, -0.15) is 0 Å². The van der Waals surface area contributed by atoms with Gasteiger partial charge in [0.15, 0.2) is 0 Å². The highest BCUT2D eigenvalue weighted by Gasteiger charge is 2.36. The summed E-state index contributed by atoms with van der Waals surface area (Å²) in [7, 11) is 1.35. The van der Waals surface area contributed by atoms with Gasteiger partial charge in [0.1, 0.15) is 11.9 Å². The predicted octanol–water partition coefficient (Wildman–Crippen LogP) is 1.94. The Kier molecular flexibility index (Phi) is 6.67. The number of esters is 1. The molecule has 28 heavy (non-hydrogen) atoms. The largest absolute Gasteiger partial charge is 0.490 e. The standard InChI is InChI=1S/C22H26O6/c1-27-22(26)15-8-6-14(7-9-15)10-16-4-2-3-5-20(16)28-18-11-17(13-23)21(25)19(24)12-18/h2-9,17-19,21,23-25H,10-13H2,1H3/t17-,18-,19-,21-/m1/s1. The van der Waals surface area contributed by atoms with E-state index in [0.717, 1.165) is 11.1 Å². The highest BCUT2D eigenvalue weighted by Crippen LogP contribution is 2.30. The molecule has 6 heteroatoms. The van der Waals surface area contributed by atoms with Gasteiger partial charge < -0.3 is 24.8 Å². The molecule has 150 valence electrons. The van der Waals surface area contributed by atoms with Crippen molar-refractivity contribution in [3.05, 3.63) is 65.2 Å². The first kappa shape index (κ1) is 20.3. The number of methoxy groups -OCH3 is 1. The second-order valence-electron chi connectivity index (χ2n) is 7.18. The van der Waals surface area contributed by atoms with Crippen LogP contribution in [0.3, 0.4) is 0 Å². The van der Waals surface area contributed by atoms with E-state index in [9.17, 15) is 20.1 Å². The van der Waals surface area contributed by atoms with Crippen molar-refractivity contribution >= 4 is 5.97 Å². The van der Waals surface area contributed by atoms with E-state index in [1.54, 1.807) is 12.1 Å². The van der Waals surface area contributed by atoms with E-state index in [0.29, 0.717) is 30.6 Å². The summed E-state index contributed by atoms with van der Waals surface area (Å²) >= 11 is 0. The first-order valence-corrected chi connectivity index (χ1v) is 9.40. The van der Waals surface area contributed by atoms with E-state index in [-0.39, 0.29) is 18.7 Å². The van der Waals surface area contributed by atoms with Crippen LogP contribution in [0.15, 0.2) is 48.5 Å². The molecule has 0 aromatic heterocycles. The van der Waals surface area contributed by atoms with E-state index >= 15 is 0 Å². The maximum atomic E-state index is 11.6. The molecule has 0 heterocycles. The highest BCUT2D eigenvalue weighted by molar-refractivity contribution is 5.89.